The number of aromatic nitrogens is 2. The van der Waals surface area contributed by atoms with Crippen LogP contribution in [0.1, 0.15) is 20.3 Å². The maximum absolute atomic E-state index is 4.31. The molecule has 2 N–H and O–H groups in total. The Morgan fingerprint density at radius 2 is 1.96 bits per heavy atom. The van der Waals surface area contributed by atoms with Crippen molar-refractivity contribution < 1.29 is 0 Å². The van der Waals surface area contributed by atoms with Gasteiger partial charge in [0.25, 0.3) is 0 Å². The molecule has 1 unspecified atom stereocenters. The maximum Gasteiger partial charge on any atom is 0.190 e. The first-order chi connectivity index (χ1) is 12.2. The summed E-state index contributed by atoms with van der Waals surface area (Å²) in [5.74, 6) is 1.50. The van der Waals surface area contributed by atoms with Gasteiger partial charge in [0.05, 0.1) is 0 Å². The van der Waals surface area contributed by atoms with Gasteiger partial charge in [-0.15, -0.1) is 0 Å². The number of hydrogen-bond donors (Lipinski definition) is 2. The number of aliphatic imine (C=N–C) groups is 1. The molecule has 1 atom stereocenters. The summed E-state index contributed by atoms with van der Waals surface area (Å²) in [5.41, 5.74) is 0. The Balaban J connectivity index is 1.56. The number of likely N-dealkylation sites (N-methyl/N-ethyl adjacent to an activating group) is 1. The van der Waals surface area contributed by atoms with Crippen LogP contribution in [0.5, 0.6) is 0 Å². The van der Waals surface area contributed by atoms with E-state index in [1.54, 1.807) is 0 Å². The molecule has 1 aromatic rings. The van der Waals surface area contributed by atoms with Crippen molar-refractivity contribution in [3.05, 3.63) is 18.5 Å². The molecule has 0 aromatic carbocycles. The zero-order valence-electron chi connectivity index (χ0n) is 16.1. The first-order valence-corrected chi connectivity index (χ1v) is 9.58. The highest BCUT2D eigenvalue weighted by molar-refractivity contribution is 5.79. The number of nitrogens with one attached hydrogen (secondary N) is 2. The smallest absolute Gasteiger partial charge is 0.190 e. The molecule has 2 heterocycles. The Hall–Kier alpha value is -1.60. The molecule has 0 spiro atoms. The van der Waals surface area contributed by atoms with Crippen LogP contribution in [0.3, 0.4) is 0 Å². The molecule has 25 heavy (non-hydrogen) atoms. The van der Waals surface area contributed by atoms with Gasteiger partial charge in [-0.25, -0.2) is 0 Å². The number of aryl methyl sites for hydroxylation is 1. The average Bonchev–Trinajstić information content (AvgIpc) is 3.15. The number of rotatable bonds is 9. The van der Waals surface area contributed by atoms with E-state index in [9.17, 15) is 0 Å². The lowest BCUT2D eigenvalue weighted by atomic mass is 10.1. The van der Waals surface area contributed by atoms with E-state index in [4.69, 9.17) is 0 Å². The van der Waals surface area contributed by atoms with Crippen molar-refractivity contribution in [3.63, 3.8) is 0 Å². The predicted octanol–water partition coefficient (Wildman–Crippen LogP) is 0.712. The Labute approximate surface area is 152 Å². The molecule has 0 amide bonds. The summed E-state index contributed by atoms with van der Waals surface area (Å²) in [7, 11) is 1.83. The molecule has 2 rings (SSSR count). The Morgan fingerprint density at radius 3 is 2.60 bits per heavy atom. The lowest BCUT2D eigenvalue weighted by molar-refractivity contribution is 0.124. The summed E-state index contributed by atoms with van der Waals surface area (Å²) in [6, 6.07) is 1.96. The molecule has 0 bridgehead atoms. The summed E-state index contributed by atoms with van der Waals surface area (Å²) in [5, 5.41) is 11.0. The van der Waals surface area contributed by atoms with Crippen LogP contribution in [-0.2, 0) is 6.54 Å². The fourth-order valence-electron chi connectivity index (χ4n) is 3.17. The van der Waals surface area contributed by atoms with E-state index in [1.165, 1.54) is 32.7 Å². The van der Waals surface area contributed by atoms with E-state index in [-0.39, 0.29) is 0 Å². The quantitative estimate of drug-likeness (QED) is 0.391. The second kappa shape index (κ2) is 11.1. The van der Waals surface area contributed by atoms with Crippen molar-refractivity contribution in [1.82, 2.24) is 30.2 Å². The molecule has 1 aromatic heterocycles. The summed E-state index contributed by atoms with van der Waals surface area (Å²) in [6.07, 6.45) is 4.84. The van der Waals surface area contributed by atoms with E-state index < -0.39 is 0 Å². The molecule has 0 radical (unpaired) electrons. The number of nitrogens with zero attached hydrogens (tertiary/aromatic N) is 5. The van der Waals surface area contributed by atoms with Crippen LogP contribution in [0.15, 0.2) is 23.5 Å². The highest BCUT2D eigenvalue weighted by Gasteiger charge is 2.17. The third kappa shape index (κ3) is 7.44. The molecule has 0 saturated carbocycles. The molecule has 7 heteroatoms. The Bertz CT molecular complexity index is 478. The van der Waals surface area contributed by atoms with Gasteiger partial charge in [0.15, 0.2) is 5.96 Å². The van der Waals surface area contributed by atoms with Crippen molar-refractivity contribution in [2.75, 3.05) is 59.4 Å². The van der Waals surface area contributed by atoms with Gasteiger partial charge >= 0.3 is 0 Å². The molecule has 142 valence electrons. The summed E-state index contributed by atoms with van der Waals surface area (Å²) >= 11 is 0. The second-order valence-corrected chi connectivity index (χ2v) is 6.84. The highest BCUT2D eigenvalue weighted by atomic mass is 15.3. The molecular formula is C18H35N7. The van der Waals surface area contributed by atoms with E-state index in [1.807, 2.05) is 30.2 Å². The van der Waals surface area contributed by atoms with Crippen LogP contribution >= 0.6 is 0 Å². The lowest BCUT2D eigenvalue weighted by Gasteiger charge is -2.35. The van der Waals surface area contributed by atoms with Gasteiger partial charge < -0.3 is 20.4 Å². The van der Waals surface area contributed by atoms with Crippen LogP contribution in [-0.4, -0.2) is 84.9 Å². The average molecular weight is 350 g/mol. The van der Waals surface area contributed by atoms with Crippen LogP contribution in [0.2, 0.25) is 0 Å². The number of piperazine rings is 1. The first-order valence-electron chi connectivity index (χ1n) is 9.58. The van der Waals surface area contributed by atoms with E-state index >= 15 is 0 Å². The van der Waals surface area contributed by atoms with Gasteiger partial charge in [-0.3, -0.25) is 9.67 Å². The summed E-state index contributed by atoms with van der Waals surface area (Å²) in [6.45, 7) is 14.5. The second-order valence-electron chi connectivity index (χ2n) is 6.84. The molecule has 1 aliphatic heterocycles. The zero-order chi connectivity index (χ0) is 17.9. The SMILES string of the molecule is CCN1CCN(CC(C)CNC(=NC)NCCCn2cccn2)CC1. The van der Waals surface area contributed by atoms with Gasteiger partial charge in [0.2, 0.25) is 0 Å². The van der Waals surface area contributed by atoms with E-state index in [0.29, 0.717) is 5.92 Å². The van der Waals surface area contributed by atoms with E-state index in [0.717, 1.165) is 38.6 Å². The van der Waals surface area contributed by atoms with Crippen molar-refractivity contribution in [2.45, 2.75) is 26.8 Å². The molecule has 1 aliphatic rings. The van der Waals surface area contributed by atoms with Crippen LogP contribution in [0.25, 0.3) is 0 Å². The van der Waals surface area contributed by atoms with Gasteiger partial charge in [0, 0.05) is 71.8 Å². The molecule has 1 saturated heterocycles. The Morgan fingerprint density at radius 1 is 1.20 bits per heavy atom. The molecule has 1 fully saturated rings. The molecule has 7 nitrogen and oxygen atoms in total. The van der Waals surface area contributed by atoms with Gasteiger partial charge in [-0.2, -0.15) is 5.10 Å². The fraction of sp³-hybridized carbons (Fsp3) is 0.778. The number of hydrogen-bond acceptors (Lipinski definition) is 4. The fourth-order valence-corrected chi connectivity index (χ4v) is 3.17. The predicted molar refractivity (Wildman–Crippen MR) is 104 cm³/mol. The van der Waals surface area contributed by atoms with Gasteiger partial charge in [-0.05, 0) is 24.9 Å². The van der Waals surface area contributed by atoms with Crippen molar-refractivity contribution >= 4 is 5.96 Å². The summed E-state index contributed by atoms with van der Waals surface area (Å²) < 4.78 is 1.96. The Kier molecular flexibility index (Phi) is 8.76. The van der Waals surface area contributed by atoms with Crippen LogP contribution in [0.4, 0.5) is 0 Å². The van der Waals surface area contributed by atoms with E-state index in [2.05, 4.69) is 44.4 Å². The minimum absolute atomic E-state index is 0.607. The topological polar surface area (TPSA) is 60.7 Å². The van der Waals surface area contributed by atoms with Crippen molar-refractivity contribution in [1.29, 1.82) is 0 Å². The van der Waals surface area contributed by atoms with Gasteiger partial charge in [0.1, 0.15) is 0 Å². The minimum atomic E-state index is 0.607. The third-order valence-corrected chi connectivity index (χ3v) is 4.74. The minimum Gasteiger partial charge on any atom is -0.356 e. The summed E-state index contributed by atoms with van der Waals surface area (Å²) in [4.78, 5) is 9.42. The molecule has 0 aliphatic carbocycles. The largest absolute Gasteiger partial charge is 0.356 e. The third-order valence-electron chi connectivity index (χ3n) is 4.74. The van der Waals surface area contributed by atoms with Crippen LogP contribution in [0, 0.1) is 5.92 Å². The van der Waals surface area contributed by atoms with Crippen LogP contribution < -0.4 is 10.6 Å². The first kappa shape index (κ1) is 19.7. The standard InChI is InChI=1S/C18H35N7/c1-4-23-11-13-24(14-12-23)16-17(2)15-21-18(19-3)20-7-5-9-25-10-6-8-22-25/h6,8,10,17H,4-5,7,9,11-16H2,1-3H3,(H2,19,20,21). The number of guanidine groups is 1. The monoisotopic (exact) mass is 349 g/mol. The zero-order valence-corrected chi connectivity index (χ0v) is 16.1. The van der Waals surface area contributed by atoms with Crippen molar-refractivity contribution in [3.8, 4) is 0 Å². The highest BCUT2D eigenvalue weighted by Crippen LogP contribution is 2.05. The van der Waals surface area contributed by atoms with Gasteiger partial charge in [-0.1, -0.05) is 13.8 Å². The van der Waals surface area contributed by atoms with Crippen molar-refractivity contribution in [2.24, 2.45) is 10.9 Å². The normalized spacial score (nSPS) is 18.3. The lowest BCUT2D eigenvalue weighted by Crippen LogP contribution is -2.48. The maximum atomic E-state index is 4.31. The molecular weight excluding hydrogens is 314 g/mol.